The molecule has 0 amide bonds. The van der Waals surface area contributed by atoms with Crippen molar-refractivity contribution >= 4 is 34.0 Å². The number of ether oxygens (including phenoxy) is 2. The molecule has 1 aromatic heterocycles. The van der Waals surface area contributed by atoms with Crippen LogP contribution in [0.25, 0.3) is 22.3 Å². The van der Waals surface area contributed by atoms with Crippen LogP contribution in [0.2, 0.25) is 5.02 Å². The Kier molecular flexibility index (Phi) is 6.10. The number of nitro groups is 1. The van der Waals surface area contributed by atoms with Crippen LogP contribution in [0, 0.1) is 10.1 Å². The fraction of sp³-hybridized carbons (Fsp3) is 0.0833. The number of rotatable bonds is 7. The van der Waals surface area contributed by atoms with E-state index in [0.717, 1.165) is 0 Å². The van der Waals surface area contributed by atoms with E-state index in [1.807, 2.05) is 0 Å². The van der Waals surface area contributed by atoms with Crippen molar-refractivity contribution in [2.75, 3.05) is 13.7 Å². The van der Waals surface area contributed by atoms with Crippen molar-refractivity contribution < 1.29 is 23.6 Å². The summed E-state index contributed by atoms with van der Waals surface area (Å²) in [6, 6.07) is 16.6. The van der Waals surface area contributed by atoms with Gasteiger partial charge in [-0.25, -0.2) is 0 Å². The van der Waals surface area contributed by atoms with E-state index in [4.69, 9.17) is 25.5 Å². The minimum Gasteiger partial charge on any atom is -0.497 e. The number of Topliss-reactive ketones (excluding diaryl/α,β-unsaturated/α-hetero) is 1. The molecule has 0 spiro atoms. The molecule has 1 heterocycles. The van der Waals surface area contributed by atoms with Crippen molar-refractivity contribution in [1.82, 2.24) is 0 Å². The quantitative estimate of drug-likeness (QED) is 0.207. The van der Waals surface area contributed by atoms with Crippen LogP contribution < -0.4 is 14.9 Å². The Morgan fingerprint density at radius 3 is 2.39 bits per heavy atom. The number of benzene rings is 3. The number of methoxy groups -OCH3 is 1. The first kappa shape index (κ1) is 22.0. The van der Waals surface area contributed by atoms with Crippen LogP contribution in [0.1, 0.15) is 10.4 Å². The number of nitro benzene ring substituents is 1. The molecule has 0 radical (unpaired) electrons. The molecule has 0 saturated carbocycles. The molecule has 0 unspecified atom stereocenters. The summed E-state index contributed by atoms with van der Waals surface area (Å²) in [6.07, 6.45) is 0. The number of carbonyl (C=O) groups excluding carboxylic acids is 1. The Morgan fingerprint density at radius 1 is 1.06 bits per heavy atom. The average Bonchev–Trinajstić information content (AvgIpc) is 2.83. The van der Waals surface area contributed by atoms with E-state index < -0.39 is 22.7 Å². The zero-order valence-corrected chi connectivity index (χ0v) is 18.0. The molecule has 0 bridgehead atoms. The standard InChI is InChI=1S/C24H16ClNO7/c1-31-18-9-4-15(5-10-18)23-24(22(28)19-12-16(25)6-11-21(19)33-23)32-13-20(27)14-2-7-17(8-3-14)26(29)30/h2-12H,13H2,1H3. The zero-order chi connectivity index (χ0) is 23.5. The summed E-state index contributed by atoms with van der Waals surface area (Å²) in [7, 11) is 1.53. The predicted octanol–water partition coefficient (Wildman–Crippen LogP) is 5.29. The molecule has 4 rings (SSSR count). The van der Waals surface area contributed by atoms with Crippen LogP contribution in [0.15, 0.2) is 75.9 Å². The van der Waals surface area contributed by atoms with Crippen molar-refractivity contribution in [3.05, 3.63) is 97.7 Å². The van der Waals surface area contributed by atoms with Gasteiger partial charge in [-0.2, -0.15) is 0 Å². The van der Waals surface area contributed by atoms with E-state index in [9.17, 15) is 19.7 Å². The van der Waals surface area contributed by atoms with Gasteiger partial charge in [-0.05, 0) is 54.6 Å². The molecule has 8 nitrogen and oxygen atoms in total. The highest BCUT2D eigenvalue weighted by Crippen LogP contribution is 2.32. The SMILES string of the molecule is COc1ccc(-c2oc3ccc(Cl)cc3c(=O)c2OCC(=O)c2ccc([N+](=O)[O-])cc2)cc1. The van der Waals surface area contributed by atoms with E-state index in [1.165, 1.54) is 37.4 Å². The van der Waals surface area contributed by atoms with Gasteiger partial charge in [-0.3, -0.25) is 19.7 Å². The van der Waals surface area contributed by atoms with Crippen LogP contribution in [-0.2, 0) is 0 Å². The smallest absolute Gasteiger partial charge is 0.269 e. The normalized spacial score (nSPS) is 10.7. The third-order valence-electron chi connectivity index (χ3n) is 4.91. The Morgan fingerprint density at radius 2 is 1.76 bits per heavy atom. The van der Waals surface area contributed by atoms with E-state index in [1.54, 1.807) is 36.4 Å². The minimum atomic E-state index is -0.558. The molecule has 33 heavy (non-hydrogen) atoms. The summed E-state index contributed by atoms with van der Waals surface area (Å²) in [6.45, 7) is -0.474. The molecule has 4 aromatic rings. The lowest BCUT2D eigenvalue weighted by Crippen LogP contribution is -2.17. The molecule has 0 aliphatic heterocycles. The summed E-state index contributed by atoms with van der Waals surface area (Å²) in [5.41, 5.74) is 0.439. The highest BCUT2D eigenvalue weighted by atomic mass is 35.5. The maximum absolute atomic E-state index is 13.2. The molecule has 0 saturated heterocycles. The van der Waals surface area contributed by atoms with E-state index in [-0.39, 0.29) is 28.1 Å². The molecule has 9 heteroatoms. The van der Waals surface area contributed by atoms with Gasteiger partial charge < -0.3 is 13.9 Å². The molecule has 0 fully saturated rings. The highest BCUT2D eigenvalue weighted by Gasteiger charge is 2.20. The Bertz CT molecular complexity index is 1410. The van der Waals surface area contributed by atoms with Gasteiger partial charge in [0.15, 0.2) is 18.2 Å². The maximum Gasteiger partial charge on any atom is 0.269 e. The number of fused-ring (bicyclic) bond motifs is 1. The number of halogens is 1. The first-order chi connectivity index (χ1) is 15.9. The molecule has 0 aliphatic carbocycles. The second kappa shape index (κ2) is 9.13. The van der Waals surface area contributed by atoms with Gasteiger partial charge in [0.1, 0.15) is 11.3 Å². The molecule has 0 atom stereocenters. The van der Waals surface area contributed by atoms with Gasteiger partial charge in [0, 0.05) is 28.3 Å². The zero-order valence-electron chi connectivity index (χ0n) is 17.2. The number of non-ortho nitro benzene ring substituents is 1. The largest absolute Gasteiger partial charge is 0.497 e. The maximum atomic E-state index is 13.2. The van der Waals surface area contributed by atoms with Gasteiger partial charge in [0.25, 0.3) is 5.69 Å². The fourth-order valence-electron chi connectivity index (χ4n) is 3.20. The second-order valence-corrected chi connectivity index (χ2v) is 7.41. The molecule has 166 valence electrons. The topological polar surface area (TPSA) is 109 Å². The molecule has 3 aromatic carbocycles. The number of nitrogens with zero attached hydrogens (tertiary/aromatic N) is 1. The first-order valence-electron chi connectivity index (χ1n) is 9.68. The van der Waals surface area contributed by atoms with Gasteiger partial charge in [0.05, 0.1) is 17.4 Å². The van der Waals surface area contributed by atoms with Crippen LogP contribution in [0.3, 0.4) is 0 Å². The fourth-order valence-corrected chi connectivity index (χ4v) is 3.38. The minimum absolute atomic E-state index is 0.138. The number of carbonyl (C=O) groups is 1. The van der Waals surface area contributed by atoms with Crippen LogP contribution in [-0.4, -0.2) is 24.4 Å². The lowest BCUT2D eigenvalue weighted by Gasteiger charge is -2.12. The summed E-state index contributed by atoms with van der Waals surface area (Å²) < 4.78 is 16.8. The molecule has 0 N–H and O–H groups in total. The Balaban J connectivity index is 1.72. The first-order valence-corrected chi connectivity index (χ1v) is 10.1. The summed E-state index contributed by atoms with van der Waals surface area (Å²) in [4.78, 5) is 36.1. The number of hydrogen-bond acceptors (Lipinski definition) is 7. The predicted molar refractivity (Wildman–Crippen MR) is 122 cm³/mol. The van der Waals surface area contributed by atoms with Crippen molar-refractivity contribution in [3.63, 3.8) is 0 Å². The number of hydrogen-bond donors (Lipinski definition) is 0. The third-order valence-corrected chi connectivity index (χ3v) is 5.15. The lowest BCUT2D eigenvalue weighted by molar-refractivity contribution is -0.384. The highest BCUT2D eigenvalue weighted by molar-refractivity contribution is 6.31. The van der Waals surface area contributed by atoms with Crippen molar-refractivity contribution in [1.29, 1.82) is 0 Å². The van der Waals surface area contributed by atoms with Crippen molar-refractivity contribution in [2.45, 2.75) is 0 Å². The molecular weight excluding hydrogens is 450 g/mol. The van der Waals surface area contributed by atoms with Crippen LogP contribution >= 0.6 is 11.6 Å². The summed E-state index contributed by atoms with van der Waals surface area (Å²) >= 11 is 6.04. The van der Waals surface area contributed by atoms with Crippen molar-refractivity contribution in [2.24, 2.45) is 0 Å². The van der Waals surface area contributed by atoms with Gasteiger partial charge >= 0.3 is 0 Å². The summed E-state index contributed by atoms with van der Waals surface area (Å²) in [5.74, 6) is 0.153. The Hall–Kier alpha value is -4.17. The lowest BCUT2D eigenvalue weighted by atomic mass is 10.1. The number of ketones is 1. The van der Waals surface area contributed by atoms with Gasteiger partial charge in [-0.15, -0.1) is 0 Å². The van der Waals surface area contributed by atoms with Crippen LogP contribution in [0.5, 0.6) is 11.5 Å². The molecular formula is C24H16ClNO7. The monoisotopic (exact) mass is 465 g/mol. The van der Waals surface area contributed by atoms with Crippen LogP contribution in [0.4, 0.5) is 5.69 Å². The van der Waals surface area contributed by atoms with Crippen molar-refractivity contribution in [3.8, 4) is 22.8 Å². The second-order valence-electron chi connectivity index (χ2n) is 6.97. The van der Waals surface area contributed by atoms with Gasteiger partial charge in [0.2, 0.25) is 11.2 Å². The van der Waals surface area contributed by atoms with E-state index in [2.05, 4.69) is 0 Å². The average molecular weight is 466 g/mol. The Labute approximate surface area is 192 Å². The van der Waals surface area contributed by atoms with Gasteiger partial charge in [-0.1, -0.05) is 11.6 Å². The molecule has 0 aliphatic rings. The third kappa shape index (κ3) is 4.56. The van der Waals surface area contributed by atoms with E-state index >= 15 is 0 Å². The summed E-state index contributed by atoms with van der Waals surface area (Å²) in [5, 5.41) is 11.4. The van der Waals surface area contributed by atoms with E-state index in [0.29, 0.717) is 21.9 Å².